The first-order valence-electron chi connectivity index (χ1n) is 5.87. The molecule has 2 N–H and O–H groups in total. The van der Waals surface area contributed by atoms with Gasteiger partial charge in [0.25, 0.3) is 0 Å². The minimum absolute atomic E-state index is 0.0560. The molecule has 5 heteroatoms. The van der Waals surface area contributed by atoms with E-state index in [-0.39, 0.29) is 12.5 Å². The maximum atomic E-state index is 12.0. The summed E-state index contributed by atoms with van der Waals surface area (Å²) in [5.74, 6) is -1.26. The number of nitrogens with one attached hydrogen (secondary N) is 1. The molecule has 1 aliphatic heterocycles. The van der Waals surface area contributed by atoms with Crippen LogP contribution in [0.25, 0.3) is 0 Å². The van der Waals surface area contributed by atoms with E-state index in [9.17, 15) is 14.7 Å². The van der Waals surface area contributed by atoms with Crippen molar-refractivity contribution in [1.29, 1.82) is 0 Å². The van der Waals surface area contributed by atoms with Gasteiger partial charge in [0.1, 0.15) is 0 Å². The summed E-state index contributed by atoms with van der Waals surface area (Å²) in [6, 6.07) is 0. The third-order valence-corrected chi connectivity index (χ3v) is 3.55. The average Bonchev–Trinajstić information content (AvgIpc) is 2.87. The lowest BCUT2D eigenvalue weighted by Crippen LogP contribution is -2.55. The fraction of sp³-hybridized carbons (Fsp3) is 0.667. The molecule has 1 unspecified atom stereocenters. The van der Waals surface area contributed by atoms with Crippen molar-refractivity contribution in [3.63, 3.8) is 0 Å². The van der Waals surface area contributed by atoms with Gasteiger partial charge in [-0.15, -0.1) is 0 Å². The highest BCUT2D eigenvalue weighted by Crippen LogP contribution is 2.27. The van der Waals surface area contributed by atoms with Gasteiger partial charge < -0.3 is 15.2 Å². The summed E-state index contributed by atoms with van der Waals surface area (Å²) < 4.78 is 5.10. The van der Waals surface area contributed by atoms with Crippen LogP contribution in [0.2, 0.25) is 0 Å². The fourth-order valence-corrected chi connectivity index (χ4v) is 2.38. The summed E-state index contributed by atoms with van der Waals surface area (Å²) in [6.07, 6.45) is 2.99. The van der Waals surface area contributed by atoms with E-state index in [1.807, 2.05) is 6.92 Å². The van der Waals surface area contributed by atoms with Gasteiger partial charge in [0.05, 0.1) is 6.61 Å². The normalized spacial score (nSPS) is 28.5. The molecule has 2 aliphatic rings. The van der Waals surface area contributed by atoms with Crippen LogP contribution in [0.4, 0.5) is 0 Å². The molecule has 1 aliphatic carbocycles. The molecule has 0 aromatic heterocycles. The Kier molecular flexibility index (Phi) is 3.19. The van der Waals surface area contributed by atoms with Crippen molar-refractivity contribution < 1.29 is 19.4 Å². The molecule has 1 heterocycles. The molecule has 0 aromatic rings. The molecule has 17 heavy (non-hydrogen) atoms. The molecule has 1 amide bonds. The monoisotopic (exact) mass is 239 g/mol. The first kappa shape index (κ1) is 12.1. The summed E-state index contributed by atoms with van der Waals surface area (Å²) in [5, 5.41) is 11.9. The van der Waals surface area contributed by atoms with E-state index in [4.69, 9.17) is 4.74 Å². The van der Waals surface area contributed by atoms with Crippen LogP contribution < -0.4 is 5.32 Å². The van der Waals surface area contributed by atoms with E-state index in [0.29, 0.717) is 13.0 Å². The quantitative estimate of drug-likeness (QED) is 0.765. The SMILES string of the molecule is CC1=C(C(=O)NC2(C(=O)O)CCOC2)CCC1. The number of carboxylic acid groups (broad SMARTS) is 1. The molecule has 0 radical (unpaired) electrons. The number of ether oxygens (including phenoxy) is 1. The zero-order valence-corrected chi connectivity index (χ0v) is 9.91. The van der Waals surface area contributed by atoms with E-state index < -0.39 is 11.5 Å². The lowest BCUT2D eigenvalue weighted by atomic mass is 9.98. The van der Waals surface area contributed by atoms with Crippen molar-refractivity contribution in [2.24, 2.45) is 0 Å². The second kappa shape index (κ2) is 4.49. The van der Waals surface area contributed by atoms with Gasteiger partial charge in [-0.3, -0.25) is 4.79 Å². The van der Waals surface area contributed by atoms with Crippen LogP contribution in [-0.4, -0.2) is 35.7 Å². The third kappa shape index (κ3) is 2.20. The molecular weight excluding hydrogens is 222 g/mol. The Morgan fingerprint density at radius 1 is 1.41 bits per heavy atom. The summed E-state index contributed by atoms with van der Waals surface area (Å²) in [4.78, 5) is 23.3. The molecule has 0 spiro atoms. The standard InChI is InChI=1S/C12H17NO4/c1-8-3-2-4-9(8)10(14)13-12(11(15)16)5-6-17-7-12/h2-7H2,1H3,(H,13,14)(H,15,16). The molecule has 0 bridgehead atoms. The summed E-state index contributed by atoms with van der Waals surface area (Å²) in [6.45, 7) is 2.37. The maximum absolute atomic E-state index is 12.0. The van der Waals surface area contributed by atoms with E-state index >= 15 is 0 Å². The van der Waals surface area contributed by atoms with Crippen LogP contribution in [-0.2, 0) is 14.3 Å². The second-order valence-electron chi connectivity index (χ2n) is 4.76. The summed E-state index contributed by atoms with van der Waals surface area (Å²) in [5.41, 5.74) is 0.590. The van der Waals surface area contributed by atoms with Gasteiger partial charge in [0.15, 0.2) is 5.54 Å². The Morgan fingerprint density at radius 2 is 2.18 bits per heavy atom. The number of carboxylic acids is 1. The van der Waals surface area contributed by atoms with E-state index in [2.05, 4.69) is 5.32 Å². The molecule has 5 nitrogen and oxygen atoms in total. The Morgan fingerprint density at radius 3 is 2.65 bits per heavy atom. The molecular formula is C12H17NO4. The minimum Gasteiger partial charge on any atom is -0.479 e. The topological polar surface area (TPSA) is 75.6 Å². The largest absolute Gasteiger partial charge is 0.479 e. The molecule has 2 rings (SSSR count). The number of carbonyl (C=O) groups excluding carboxylic acids is 1. The van der Waals surface area contributed by atoms with Crippen molar-refractivity contribution in [3.8, 4) is 0 Å². The van der Waals surface area contributed by atoms with Crippen LogP contribution in [0.3, 0.4) is 0 Å². The molecule has 1 atom stereocenters. The number of aliphatic carboxylic acids is 1. The van der Waals surface area contributed by atoms with Gasteiger partial charge in [-0.05, 0) is 26.2 Å². The number of hydrogen-bond donors (Lipinski definition) is 2. The van der Waals surface area contributed by atoms with Crippen molar-refractivity contribution in [2.75, 3.05) is 13.2 Å². The predicted octanol–water partition coefficient (Wildman–Crippen LogP) is 0.847. The van der Waals surface area contributed by atoms with Crippen molar-refractivity contribution in [3.05, 3.63) is 11.1 Å². The number of carbonyl (C=O) groups is 2. The van der Waals surface area contributed by atoms with Gasteiger partial charge in [-0.2, -0.15) is 0 Å². The zero-order chi connectivity index (χ0) is 12.5. The second-order valence-corrected chi connectivity index (χ2v) is 4.76. The van der Waals surface area contributed by atoms with E-state index in [1.165, 1.54) is 0 Å². The number of amides is 1. The molecule has 1 fully saturated rings. The van der Waals surface area contributed by atoms with E-state index in [0.717, 1.165) is 30.4 Å². The lowest BCUT2D eigenvalue weighted by molar-refractivity contribution is -0.147. The van der Waals surface area contributed by atoms with Gasteiger partial charge in [-0.1, -0.05) is 5.57 Å². The molecule has 0 saturated carbocycles. The first-order chi connectivity index (χ1) is 8.05. The third-order valence-electron chi connectivity index (χ3n) is 3.55. The van der Waals surface area contributed by atoms with Crippen LogP contribution in [0.5, 0.6) is 0 Å². The minimum atomic E-state index is -1.23. The van der Waals surface area contributed by atoms with Crippen molar-refractivity contribution in [1.82, 2.24) is 5.32 Å². The van der Waals surface area contributed by atoms with Crippen LogP contribution in [0.1, 0.15) is 32.6 Å². The Labute approximate surface area is 99.8 Å². The molecule has 94 valence electrons. The summed E-state index contributed by atoms with van der Waals surface area (Å²) in [7, 11) is 0. The van der Waals surface area contributed by atoms with Crippen LogP contribution >= 0.6 is 0 Å². The van der Waals surface area contributed by atoms with Crippen LogP contribution in [0.15, 0.2) is 11.1 Å². The van der Waals surface area contributed by atoms with Crippen molar-refractivity contribution in [2.45, 2.75) is 38.1 Å². The molecule has 0 aromatic carbocycles. The van der Waals surface area contributed by atoms with Gasteiger partial charge in [0, 0.05) is 18.6 Å². The number of allylic oxidation sites excluding steroid dienone is 1. The predicted molar refractivity (Wildman–Crippen MR) is 60.5 cm³/mol. The number of hydrogen-bond acceptors (Lipinski definition) is 3. The Hall–Kier alpha value is -1.36. The summed E-state index contributed by atoms with van der Waals surface area (Å²) >= 11 is 0. The maximum Gasteiger partial charge on any atom is 0.331 e. The Bertz CT molecular complexity index is 380. The zero-order valence-electron chi connectivity index (χ0n) is 9.91. The van der Waals surface area contributed by atoms with Crippen LogP contribution in [0, 0.1) is 0 Å². The fourth-order valence-electron chi connectivity index (χ4n) is 2.38. The highest BCUT2D eigenvalue weighted by molar-refractivity contribution is 5.98. The van der Waals surface area contributed by atoms with Gasteiger partial charge in [0.2, 0.25) is 5.91 Å². The Balaban J connectivity index is 2.12. The van der Waals surface area contributed by atoms with Crippen molar-refractivity contribution >= 4 is 11.9 Å². The highest BCUT2D eigenvalue weighted by Gasteiger charge is 2.44. The van der Waals surface area contributed by atoms with Gasteiger partial charge >= 0.3 is 5.97 Å². The highest BCUT2D eigenvalue weighted by atomic mass is 16.5. The first-order valence-corrected chi connectivity index (χ1v) is 5.87. The van der Waals surface area contributed by atoms with Gasteiger partial charge in [-0.25, -0.2) is 4.79 Å². The van der Waals surface area contributed by atoms with E-state index in [1.54, 1.807) is 0 Å². The average molecular weight is 239 g/mol. The lowest BCUT2D eigenvalue weighted by Gasteiger charge is -2.24. The molecule has 1 saturated heterocycles. The smallest absolute Gasteiger partial charge is 0.331 e. The number of rotatable bonds is 3.